The third kappa shape index (κ3) is 6.23. The maximum Gasteiger partial charge on any atom is 0.407 e. The molecule has 1 amide bonds. The van der Waals surface area contributed by atoms with E-state index in [1.807, 2.05) is 0 Å². The summed E-state index contributed by atoms with van der Waals surface area (Å²) in [6.45, 7) is 2.41. The molecule has 3 heterocycles. The summed E-state index contributed by atoms with van der Waals surface area (Å²) in [6, 6.07) is 1.13. The van der Waals surface area contributed by atoms with Gasteiger partial charge in [-0.25, -0.2) is 27.6 Å². The van der Waals surface area contributed by atoms with Gasteiger partial charge in [-0.2, -0.15) is 0 Å². The van der Waals surface area contributed by atoms with Crippen molar-refractivity contribution < 1.29 is 32.2 Å². The standard InChI is InChI=1S/C19H23FN4O6S/c1-12-17(29-14-3-6-24(7-4-14)19(25)26)22-11-23-18(12)30-16-10-21-13(9-15(16)20)5-8-31(2,27)28/h9-11,14H,3-8H2,1-2H3,(H,25,26). The minimum atomic E-state index is -3.18. The molecule has 0 aromatic carbocycles. The zero-order chi connectivity index (χ0) is 22.6. The molecular weight excluding hydrogens is 431 g/mol. The van der Waals surface area contributed by atoms with Gasteiger partial charge in [0.05, 0.1) is 17.5 Å². The Morgan fingerprint density at radius 1 is 1.26 bits per heavy atom. The van der Waals surface area contributed by atoms with Gasteiger partial charge in [-0.05, 0) is 13.0 Å². The molecule has 1 saturated heterocycles. The molecular formula is C19H23FN4O6S. The van der Waals surface area contributed by atoms with Crippen LogP contribution in [-0.2, 0) is 16.3 Å². The highest BCUT2D eigenvalue weighted by Crippen LogP contribution is 2.30. The molecule has 3 rings (SSSR count). The van der Waals surface area contributed by atoms with E-state index in [-0.39, 0.29) is 35.8 Å². The van der Waals surface area contributed by atoms with Crippen LogP contribution in [0, 0.1) is 12.7 Å². The van der Waals surface area contributed by atoms with Crippen molar-refractivity contribution in [3.05, 3.63) is 35.7 Å². The number of piperidine rings is 1. The highest BCUT2D eigenvalue weighted by molar-refractivity contribution is 7.90. The summed E-state index contributed by atoms with van der Waals surface area (Å²) in [5, 5.41) is 9.03. The molecule has 0 unspecified atom stereocenters. The van der Waals surface area contributed by atoms with Gasteiger partial charge in [-0.15, -0.1) is 0 Å². The molecule has 0 atom stereocenters. The van der Waals surface area contributed by atoms with Crippen molar-refractivity contribution in [2.45, 2.75) is 32.3 Å². The zero-order valence-corrected chi connectivity index (χ0v) is 17.9. The first-order valence-corrected chi connectivity index (χ1v) is 11.6. The van der Waals surface area contributed by atoms with Crippen LogP contribution in [0.25, 0.3) is 0 Å². The predicted octanol–water partition coefficient (Wildman–Crippen LogP) is 2.22. The third-order valence-corrected chi connectivity index (χ3v) is 5.74. The number of hydrogen-bond donors (Lipinski definition) is 1. The summed E-state index contributed by atoms with van der Waals surface area (Å²) in [7, 11) is -3.18. The van der Waals surface area contributed by atoms with Gasteiger partial charge in [0.2, 0.25) is 11.8 Å². The number of ether oxygens (including phenoxy) is 2. The van der Waals surface area contributed by atoms with Crippen LogP contribution in [0.2, 0.25) is 0 Å². The van der Waals surface area contributed by atoms with Crippen molar-refractivity contribution in [1.29, 1.82) is 0 Å². The van der Waals surface area contributed by atoms with Crippen LogP contribution in [0.15, 0.2) is 18.6 Å². The van der Waals surface area contributed by atoms with Crippen LogP contribution in [0.5, 0.6) is 17.5 Å². The Morgan fingerprint density at radius 3 is 2.55 bits per heavy atom. The fourth-order valence-corrected chi connectivity index (χ4v) is 3.61. The van der Waals surface area contributed by atoms with Crippen molar-refractivity contribution in [2.24, 2.45) is 0 Å². The SMILES string of the molecule is Cc1c(Oc2cnc(CCS(C)(=O)=O)cc2F)ncnc1OC1CCN(C(=O)O)CC1. The summed E-state index contributed by atoms with van der Waals surface area (Å²) >= 11 is 0. The molecule has 0 spiro atoms. The first-order valence-electron chi connectivity index (χ1n) is 9.58. The lowest BCUT2D eigenvalue weighted by atomic mass is 10.1. The number of nitrogens with zero attached hydrogens (tertiary/aromatic N) is 4. The maximum absolute atomic E-state index is 14.4. The van der Waals surface area contributed by atoms with Gasteiger partial charge in [-0.1, -0.05) is 0 Å². The second-order valence-corrected chi connectivity index (χ2v) is 9.54. The predicted molar refractivity (Wildman–Crippen MR) is 108 cm³/mol. The molecule has 31 heavy (non-hydrogen) atoms. The van der Waals surface area contributed by atoms with E-state index >= 15 is 0 Å². The average Bonchev–Trinajstić information content (AvgIpc) is 2.71. The number of carbonyl (C=O) groups is 1. The molecule has 168 valence electrons. The van der Waals surface area contributed by atoms with E-state index in [1.165, 1.54) is 17.4 Å². The Kier molecular flexibility index (Phi) is 6.88. The molecule has 1 aliphatic heterocycles. The summed E-state index contributed by atoms with van der Waals surface area (Å²) in [6.07, 6.45) is 3.51. The van der Waals surface area contributed by atoms with Crippen molar-refractivity contribution in [3.63, 3.8) is 0 Å². The van der Waals surface area contributed by atoms with Crippen molar-refractivity contribution in [1.82, 2.24) is 19.9 Å². The first kappa shape index (κ1) is 22.7. The van der Waals surface area contributed by atoms with Crippen LogP contribution < -0.4 is 9.47 Å². The van der Waals surface area contributed by atoms with E-state index in [4.69, 9.17) is 14.6 Å². The highest BCUT2D eigenvalue weighted by Gasteiger charge is 2.25. The van der Waals surface area contributed by atoms with Gasteiger partial charge >= 0.3 is 6.09 Å². The Bertz CT molecular complexity index is 1060. The number of pyridine rings is 1. The Balaban J connectivity index is 1.67. The van der Waals surface area contributed by atoms with E-state index in [0.717, 1.165) is 12.3 Å². The second-order valence-electron chi connectivity index (χ2n) is 7.28. The Hall–Kier alpha value is -3.02. The number of amides is 1. The van der Waals surface area contributed by atoms with Gasteiger partial charge in [0.1, 0.15) is 22.3 Å². The van der Waals surface area contributed by atoms with Crippen LogP contribution in [0.3, 0.4) is 0 Å². The van der Waals surface area contributed by atoms with Crippen LogP contribution in [-0.4, -0.2) is 70.7 Å². The van der Waals surface area contributed by atoms with Gasteiger partial charge in [0, 0.05) is 44.3 Å². The molecule has 10 nitrogen and oxygen atoms in total. The fraction of sp³-hybridized carbons (Fsp3) is 0.474. The van der Waals surface area contributed by atoms with E-state index in [1.54, 1.807) is 6.92 Å². The summed E-state index contributed by atoms with van der Waals surface area (Å²) in [4.78, 5) is 24.5. The normalized spacial score (nSPS) is 15.0. The maximum atomic E-state index is 14.4. The Labute approximate surface area is 179 Å². The highest BCUT2D eigenvalue weighted by atomic mass is 32.2. The van der Waals surface area contributed by atoms with Crippen LogP contribution in [0.4, 0.5) is 9.18 Å². The van der Waals surface area contributed by atoms with Crippen molar-refractivity contribution in [2.75, 3.05) is 25.1 Å². The topological polar surface area (TPSA) is 132 Å². The number of halogens is 1. The van der Waals surface area contributed by atoms with Gasteiger partial charge in [-0.3, -0.25) is 4.98 Å². The number of rotatable bonds is 7. The molecule has 0 aliphatic carbocycles. The smallest absolute Gasteiger partial charge is 0.407 e. The molecule has 2 aromatic rings. The number of aryl methyl sites for hydroxylation is 1. The molecule has 2 aromatic heterocycles. The van der Waals surface area contributed by atoms with Crippen LogP contribution in [0.1, 0.15) is 24.1 Å². The lowest BCUT2D eigenvalue weighted by molar-refractivity contribution is 0.0864. The minimum Gasteiger partial charge on any atom is -0.474 e. The quantitative estimate of drug-likeness (QED) is 0.669. The average molecular weight is 454 g/mol. The number of carboxylic acid groups (broad SMARTS) is 1. The molecule has 12 heteroatoms. The molecule has 1 N–H and O–H groups in total. The summed E-state index contributed by atoms with van der Waals surface area (Å²) < 4.78 is 48.4. The second kappa shape index (κ2) is 9.41. The fourth-order valence-electron chi connectivity index (χ4n) is 3.03. The third-order valence-electron chi connectivity index (χ3n) is 4.79. The van der Waals surface area contributed by atoms with Crippen LogP contribution >= 0.6 is 0 Å². The number of likely N-dealkylation sites (tertiary alicyclic amines) is 1. The zero-order valence-electron chi connectivity index (χ0n) is 17.1. The van der Waals surface area contributed by atoms with E-state index in [0.29, 0.717) is 37.2 Å². The van der Waals surface area contributed by atoms with E-state index in [2.05, 4.69) is 15.0 Å². The first-order chi connectivity index (χ1) is 14.6. The molecule has 1 aliphatic rings. The van der Waals surface area contributed by atoms with Crippen molar-refractivity contribution in [3.8, 4) is 17.5 Å². The number of hydrogen-bond acceptors (Lipinski definition) is 8. The summed E-state index contributed by atoms with van der Waals surface area (Å²) in [5.74, 6) is -0.614. The molecule has 0 saturated carbocycles. The van der Waals surface area contributed by atoms with Gasteiger partial charge < -0.3 is 19.5 Å². The minimum absolute atomic E-state index is 0.0950. The van der Waals surface area contributed by atoms with Gasteiger partial charge in [0.15, 0.2) is 11.6 Å². The Morgan fingerprint density at radius 2 is 1.94 bits per heavy atom. The molecule has 1 fully saturated rings. The lowest BCUT2D eigenvalue weighted by Crippen LogP contribution is -2.41. The number of sulfone groups is 1. The van der Waals surface area contributed by atoms with Gasteiger partial charge in [0.25, 0.3) is 0 Å². The molecule has 0 radical (unpaired) electrons. The largest absolute Gasteiger partial charge is 0.474 e. The van der Waals surface area contributed by atoms with E-state index < -0.39 is 21.7 Å². The molecule has 0 bridgehead atoms. The monoisotopic (exact) mass is 454 g/mol. The van der Waals surface area contributed by atoms with Crippen molar-refractivity contribution >= 4 is 15.9 Å². The number of aromatic nitrogens is 3. The summed E-state index contributed by atoms with van der Waals surface area (Å²) in [5.41, 5.74) is 0.759. The lowest BCUT2D eigenvalue weighted by Gasteiger charge is -2.30. The van der Waals surface area contributed by atoms with E-state index in [9.17, 15) is 17.6 Å².